The van der Waals surface area contributed by atoms with Crippen LogP contribution in [0.25, 0.3) is 0 Å². The normalized spacial score (nSPS) is 16.7. The van der Waals surface area contributed by atoms with Gasteiger partial charge in [0.15, 0.2) is 5.17 Å². The third-order valence-corrected chi connectivity index (χ3v) is 6.85. The molecule has 1 atom stereocenters. The van der Waals surface area contributed by atoms with Crippen LogP contribution in [0, 0.1) is 5.82 Å². The van der Waals surface area contributed by atoms with Crippen molar-refractivity contribution in [2.45, 2.75) is 24.4 Å². The van der Waals surface area contributed by atoms with Gasteiger partial charge in [-0.25, -0.2) is 14.2 Å². The Balaban J connectivity index is 1.60. The monoisotopic (exact) mass is 559 g/mol. The first kappa shape index (κ1) is 27.8. The highest BCUT2D eigenvalue weighted by molar-refractivity contribution is 8.15. The van der Waals surface area contributed by atoms with Crippen molar-refractivity contribution in [2.24, 2.45) is 4.99 Å². The number of aliphatic imine (C=N–C) groups is 1. The zero-order valence-electron chi connectivity index (χ0n) is 20.4. The third-order valence-electron chi connectivity index (χ3n) is 5.66. The maximum atomic E-state index is 13.4. The minimum absolute atomic E-state index is 0.0206. The third kappa shape index (κ3) is 7.02. The van der Waals surface area contributed by atoms with Gasteiger partial charge < -0.3 is 10.1 Å². The summed E-state index contributed by atoms with van der Waals surface area (Å²) in [4.78, 5) is 43.4. The molecule has 1 fully saturated rings. The number of amidine groups is 1. The summed E-state index contributed by atoms with van der Waals surface area (Å²) >= 11 is 0.927. The highest BCUT2D eigenvalue weighted by Crippen LogP contribution is 2.34. The lowest BCUT2D eigenvalue weighted by atomic mass is 10.1. The van der Waals surface area contributed by atoms with Gasteiger partial charge in [-0.05, 0) is 60.2 Å². The molecular formula is C27H21F4N3O4S. The highest BCUT2D eigenvalue weighted by Gasteiger charge is 2.36. The lowest BCUT2D eigenvalue weighted by Gasteiger charge is -2.32. The Hall–Kier alpha value is -4.19. The molecule has 0 saturated carbocycles. The average Bonchev–Trinajstić information content (AvgIpc) is 2.91. The van der Waals surface area contributed by atoms with Crippen LogP contribution in [-0.2, 0) is 27.0 Å². The largest absolute Gasteiger partial charge is 0.465 e. The van der Waals surface area contributed by atoms with Crippen molar-refractivity contribution in [1.29, 1.82) is 0 Å². The molecule has 1 N–H and O–H groups in total. The molecule has 0 aromatic heterocycles. The van der Waals surface area contributed by atoms with Crippen molar-refractivity contribution in [1.82, 2.24) is 4.90 Å². The predicted molar refractivity (Wildman–Crippen MR) is 138 cm³/mol. The summed E-state index contributed by atoms with van der Waals surface area (Å²) in [6.45, 7) is -0.0206. The average molecular weight is 560 g/mol. The molecule has 1 unspecified atom stereocenters. The maximum Gasteiger partial charge on any atom is 0.416 e. The Morgan fingerprint density at radius 1 is 1.08 bits per heavy atom. The molecular weight excluding hydrogens is 538 g/mol. The summed E-state index contributed by atoms with van der Waals surface area (Å²) in [5.74, 6) is -2.02. The minimum atomic E-state index is -4.59. The Morgan fingerprint density at radius 3 is 2.41 bits per heavy atom. The number of methoxy groups -OCH3 is 1. The highest BCUT2D eigenvalue weighted by atomic mass is 32.2. The van der Waals surface area contributed by atoms with Crippen LogP contribution in [0.15, 0.2) is 77.8 Å². The van der Waals surface area contributed by atoms with E-state index in [0.29, 0.717) is 11.3 Å². The second-order valence-electron chi connectivity index (χ2n) is 8.42. The van der Waals surface area contributed by atoms with Crippen LogP contribution >= 0.6 is 11.8 Å². The Morgan fingerprint density at radius 2 is 1.77 bits per heavy atom. The summed E-state index contributed by atoms with van der Waals surface area (Å²) in [5.41, 5.74) is 0.251. The van der Waals surface area contributed by atoms with Gasteiger partial charge in [-0.15, -0.1) is 0 Å². The number of halogens is 4. The summed E-state index contributed by atoms with van der Waals surface area (Å²) in [7, 11) is 1.24. The van der Waals surface area contributed by atoms with Crippen molar-refractivity contribution in [2.75, 3.05) is 12.4 Å². The molecule has 1 aliphatic heterocycles. The van der Waals surface area contributed by atoms with E-state index >= 15 is 0 Å². The first-order valence-electron chi connectivity index (χ1n) is 11.5. The fourth-order valence-electron chi connectivity index (χ4n) is 3.66. The van der Waals surface area contributed by atoms with Crippen LogP contribution in [0.2, 0.25) is 0 Å². The molecule has 39 heavy (non-hydrogen) atoms. The Kier molecular flexibility index (Phi) is 8.34. The van der Waals surface area contributed by atoms with Crippen molar-refractivity contribution < 1.29 is 36.7 Å². The quantitative estimate of drug-likeness (QED) is 0.305. The van der Waals surface area contributed by atoms with Gasteiger partial charge in [-0.1, -0.05) is 30.0 Å². The van der Waals surface area contributed by atoms with E-state index < -0.39 is 40.6 Å². The molecule has 4 rings (SSSR count). The van der Waals surface area contributed by atoms with E-state index in [-0.39, 0.29) is 29.4 Å². The molecule has 3 aromatic carbocycles. The van der Waals surface area contributed by atoms with E-state index in [9.17, 15) is 31.9 Å². The Labute approximate surface area is 224 Å². The number of amides is 2. The van der Waals surface area contributed by atoms with E-state index in [1.165, 1.54) is 72.7 Å². The van der Waals surface area contributed by atoms with Gasteiger partial charge >= 0.3 is 12.1 Å². The molecule has 0 aliphatic carbocycles. The Bertz CT molecular complexity index is 1410. The van der Waals surface area contributed by atoms with E-state index in [0.717, 1.165) is 23.9 Å². The number of carbonyl (C=O) groups excluding carboxylic acids is 3. The fraction of sp³-hybridized carbons (Fsp3) is 0.185. The molecule has 7 nitrogen and oxygen atoms in total. The summed E-state index contributed by atoms with van der Waals surface area (Å²) in [6.07, 6.45) is -4.80. The topological polar surface area (TPSA) is 88.1 Å². The van der Waals surface area contributed by atoms with E-state index in [1.807, 2.05) is 0 Å². The standard InChI is InChI=1S/C27H21F4N3O4S/c1-38-25(37)17-7-11-20(12-8-17)32-24(36)22-14-23(35)34(15-16-5-9-19(28)10-6-16)26(39-22)33-21-4-2-3-18(13-21)27(29,30)31/h2-13,22H,14-15H2,1H3,(H,32,36). The van der Waals surface area contributed by atoms with Gasteiger partial charge in [-0.2, -0.15) is 13.2 Å². The zero-order chi connectivity index (χ0) is 28.2. The molecule has 0 radical (unpaired) electrons. The number of anilines is 1. The van der Waals surface area contributed by atoms with E-state index in [4.69, 9.17) is 0 Å². The molecule has 0 spiro atoms. The number of thioether (sulfide) groups is 1. The van der Waals surface area contributed by atoms with E-state index in [1.54, 1.807) is 0 Å². The summed E-state index contributed by atoms with van der Waals surface area (Å²) < 4.78 is 57.7. The molecule has 2 amide bonds. The second kappa shape index (κ2) is 11.7. The molecule has 1 saturated heterocycles. The van der Waals surface area contributed by atoms with Crippen LogP contribution in [0.3, 0.4) is 0 Å². The van der Waals surface area contributed by atoms with Crippen LogP contribution < -0.4 is 5.32 Å². The zero-order valence-corrected chi connectivity index (χ0v) is 21.2. The molecule has 1 heterocycles. The van der Waals surface area contributed by atoms with Gasteiger partial charge in [0.25, 0.3) is 0 Å². The molecule has 1 aliphatic rings. The van der Waals surface area contributed by atoms with Crippen molar-refractivity contribution in [3.8, 4) is 0 Å². The summed E-state index contributed by atoms with van der Waals surface area (Å²) in [5, 5.41) is 1.76. The smallest absolute Gasteiger partial charge is 0.416 e. The number of esters is 1. The van der Waals surface area contributed by atoms with Gasteiger partial charge in [0.1, 0.15) is 11.1 Å². The van der Waals surface area contributed by atoms with Gasteiger partial charge in [0, 0.05) is 12.1 Å². The van der Waals surface area contributed by atoms with Crippen LogP contribution in [0.4, 0.5) is 28.9 Å². The minimum Gasteiger partial charge on any atom is -0.465 e. The van der Waals surface area contributed by atoms with Crippen molar-refractivity contribution in [3.05, 3.63) is 95.3 Å². The number of nitrogens with zero attached hydrogens (tertiary/aromatic N) is 2. The number of alkyl halides is 3. The number of benzene rings is 3. The maximum absolute atomic E-state index is 13.4. The number of rotatable bonds is 6. The lowest BCUT2D eigenvalue weighted by molar-refractivity contribution is -0.137. The number of nitrogens with one attached hydrogen (secondary N) is 1. The van der Waals surface area contributed by atoms with Crippen molar-refractivity contribution in [3.63, 3.8) is 0 Å². The van der Waals surface area contributed by atoms with Gasteiger partial charge in [-0.3, -0.25) is 14.5 Å². The molecule has 12 heteroatoms. The first-order valence-corrected chi connectivity index (χ1v) is 12.4. The second-order valence-corrected chi connectivity index (χ2v) is 9.59. The summed E-state index contributed by atoms with van der Waals surface area (Å²) in [6, 6.07) is 15.6. The SMILES string of the molecule is COC(=O)c1ccc(NC(=O)C2CC(=O)N(Cc3ccc(F)cc3)C(=Nc3cccc(C(F)(F)F)c3)S2)cc1. The molecule has 3 aromatic rings. The van der Waals surface area contributed by atoms with Gasteiger partial charge in [0.05, 0.1) is 30.5 Å². The first-order chi connectivity index (χ1) is 18.5. The van der Waals surface area contributed by atoms with Crippen LogP contribution in [0.1, 0.15) is 27.9 Å². The van der Waals surface area contributed by atoms with Crippen LogP contribution in [0.5, 0.6) is 0 Å². The molecule has 202 valence electrons. The van der Waals surface area contributed by atoms with Crippen LogP contribution in [-0.4, -0.2) is 40.2 Å². The number of ether oxygens (including phenoxy) is 1. The lowest BCUT2D eigenvalue weighted by Crippen LogP contribution is -2.44. The number of hydrogen-bond donors (Lipinski definition) is 1. The predicted octanol–water partition coefficient (Wildman–Crippen LogP) is 5.79. The van der Waals surface area contributed by atoms with E-state index in [2.05, 4.69) is 15.0 Å². The molecule has 0 bridgehead atoms. The van der Waals surface area contributed by atoms with Crippen molar-refractivity contribution >= 4 is 46.1 Å². The number of hydrogen-bond acceptors (Lipinski definition) is 6. The van der Waals surface area contributed by atoms with Gasteiger partial charge in [0.2, 0.25) is 11.8 Å². The fourth-order valence-corrected chi connectivity index (χ4v) is 4.76. The number of carbonyl (C=O) groups is 3.